The Balaban J connectivity index is 1.88. The lowest BCUT2D eigenvalue weighted by molar-refractivity contribution is 0.117. The van der Waals surface area contributed by atoms with Gasteiger partial charge in [-0.25, -0.2) is 8.42 Å². The summed E-state index contributed by atoms with van der Waals surface area (Å²) >= 11 is 0. The van der Waals surface area contributed by atoms with Gasteiger partial charge in [0.25, 0.3) is 0 Å². The van der Waals surface area contributed by atoms with Crippen LogP contribution in [0.1, 0.15) is 33.1 Å². The smallest absolute Gasteiger partial charge is 0.173 e. The highest BCUT2D eigenvalue weighted by Crippen LogP contribution is 2.24. The fourth-order valence-corrected chi connectivity index (χ4v) is 4.29. The van der Waals surface area contributed by atoms with Crippen LogP contribution in [0, 0.1) is 0 Å². The maximum absolute atomic E-state index is 11.5. The molecule has 0 bridgehead atoms. The summed E-state index contributed by atoms with van der Waals surface area (Å²) in [5.41, 5.74) is 0. The number of likely N-dealkylation sites (tertiary alicyclic amines) is 1. The molecule has 0 radical (unpaired) electrons. The Morgan fingerprint density at radius 2 is 2.22 bits per heavy atom. The Kier molecular flexibility index (Phi) is 4.45. The quantitative estimate of drug-likeness (QED) is 0.834. The van der Waals surface area contributed by atoms with Gasteiger partial charge in [-0.3, -0.25) is 4.90 Å². The number of nitrogens with zero attached hydrogens (tertiary/aromatic N) is 1. The van der Waals surface area contributed by atoms with E-state index in [1.807, 2.05) is 6.08 Å². The number of rotatable bonds is 4. The fraction of sp³-hybridized carbons (Fsp3) is 0.846. The van der Waals surface area contributed by atoms with Gasteiger partial charge in [0.05, 0.1) is 5.75 Å². The monoisotopic (exact) mass is 272 g/mol. The van der Waals surface area contributed by atoms with Crippen molar-refractivity contribution in [1.82, 2.24) is 10.2 Å². The van der Waals surface area contributed by atoms with Crippen molar-refractivity contribution < 1.29 is 8.42 Å². The van der Waals surface area contributed by atoms with E-state index >= 15 is 0 Å². The van der Waals surface area contributed by atoms with Crippen molar-refractivity contribution in [1.29, 1.82) is 0 Å². The van der Waals surface area contributed by atoms with Crippen molar-refractivity contribution in [2.24, 2.45) is 0 Å². The molecule has 0 spiro atoms. The lowest BCUT2D eigenvalue weighted by Crippen LogP contribution is -2.51. The van der Waals surface area contributed by atoms with Gasteiger partial charge in [0, 0.05) is 30.1 Å². The summed E-state index contributed by atoms with van der Waals surface area (Å²) in [5, 5.41) is 4.95. The Morgan fingerprint density at radius 3 is 2.78 bits per heavy atom. The number of nitrogens with one attached hydrogen (secondary N) is 1. The van der Waals surface area contributed by atoms with Crippen LogP contribution in [-0.4, -0.2) is 50.3 Å². The first-order chi connectivity index (χ1) is 8.52. The predicted molar refractivity (Wildman–Crippen MR) is 74.2 cm³/mol. The van der Waals surface area contributed by atoms with Crippen molar-refractivity contribution in [3.05, 3.63) is 11.5 Å². The van der Waals surface area contributed by atoms with Gasteiger partial charge in [-0.15, -0.1) is 0 Å². The summed E-state index contributed by atoms with van der Waals surface area (Å²) < 4.78 is 22.9. The highest BCUT2D eigenvalue weighted by atomic mass is 32.2. The zero-order valence-electron chi connectivity index (χ0n) is 11.3. The third kappa shape index (κ3) is 3.33. The molecule has 1 N–H and O–H groups in total. The number of sulfone groups is 1. The van der Waals surface area contributed by atoms with Crippen molar-refractivity contribution in [3.8, 4) is 0 Å². The van der Waals surface area contributed by atoms with E-state index in [2.05, 4.69) is 24.1 Å². The molecule has 0 aliphatic carbocycles. The lowest BCUT2D eigenvalue weighted by Gasteiger charge is -2.40. The molecule has 0 saturated carbocycles. The van der Waals surface area contributed by atoms with Crippen LogP contribution in [0.15, 0.2) is 11.5 Å². The Hall–Kier alpha value is -0.390. The molecule has 0 aromatic rings. The van der Waals surface area contributed by atoms with Crippen LogP contribution in [0.3, 0.4) is 0 Å². The van der Waals surface area contributed by atoms with Gasteiger partial charge in [0.2, 0.25) is 0 Å². The molecular weight excluding hydrogens is 248 g/mol. The molecule has 2 rings (SSSR count). The SMILES string of the molecule is CCCNC1CCN(C2C=CS(=O)(=O)C2)C(C)C1. The summed E-state index contributed by atoms with van der Waals surface area (Å²) in [6, 6.07) is 1.14. The van der Waals surface area contributed by atoms with Gasteiger partial charge in [-0.2, -0.15) is 0 Å². The van der Waals surface area contributed by atoms with E-state index in [-0.39, 0.29) is 11.8 Å². The molecule has 1 fully saturated rings. The molecule has 4 nitrogen and oxygen atoms in total. The predicted octanol–water partition coefficient (Wildman–Crippen LogP) is 1.15. The third-order valence-electron chi connectivity index (χ3n) is 3.95. The largest absolute Gasteiger partial charge is 0.314 e. The molecule has 2 aliphatic rings. The van der Waals surface area contributed by atoms with Crippen molar-refractivity contribution in [3.63, 3.8) is 0 Å². The minimum absolute atomic E-state index is 0.0946. The summed E-state index contributed by atoms with van der Waals surface area (Å²) in [6.07, 6.45) is 5.25. The number of hydrogen-bond donors (Lipinski definition) is 1. The molecule has 0 aromatic carbocycles. The van der Waals surface area contributed by atoms with Crippen LogP contribution in [0.2, 0.25) is 0 Å². The molecule has 0 amide bonds. The molecule has 0 aromatic heterocycles. The molecule has 2 heterocycles. The minimum atomic E-state index is -2.93. The topological polar surface area (TPSA) is 49.4 Å². The highest BCUT2D eigenvalue weighted by molar-refractivity contribution is 7.94. The number of piperidine rings is 1. The van der Waals surface area contributed by atoms with Gasteiger partial charge < -0.3 is 5.32 Å². The first-order valence-electron chi connectivity index (χ1n) is 6.92. The molecule has 104 valence electrons. The van der Waals surface area contributed by atoms with Crippen LogP contribution in [0.25, 0.3) is 0 Å². The average molecular weight is 272 g/mol. The second-order valence-corrected chi connectivity index (χ2v) is 7.42. The van der Waals surface area contributed by atoms with Gasteiger partial charge in [0.1, 0.15) is 0 Å². The summed E-state index contributed by atoms with van der Waals surface area (Å²) in [5.74, 6) is 0.268. The Labute approximate surface area is 110 Å². The molecule has 2 aliphatic heterocycles. The first-order valence-corrected chi connectivity index (χ1v) is 8.63. The second kappa shape index (κ2) is 5.72. The molecule has 3 unspecified atom stereocenters. The zero-order chi connectivity index (χ0) is 13.2. The highest BCUT2D eigenvalue weighted by Gasteiger charge is 2.33. The van der Waals surface area contributed by atoms with Crippen LogP contribution >= 0.6 is 0 Å². The van der Waals surface area contributed by atoms with Gasteiger partial charge >= 0.3 is 0 Å². The normalized spacial score (nSPS) is 36.0. The van der Waals surface area contributed by atoms with E-state index in [0.717, 1.165) is 32.4 Å². The van der Waals surface area contributed by atoms with Crippen LogP contribution in [0.4, 0.5) is 0 Å². The van der Waals surface area contributed by atoms with Gasteiger partial charge in [-0.1, -0.05) is 13.0 Å². The zero-order valence-corrected chi connectivity index (χ0v) is 12.1. The third-order valence-corrected chi connectivity index (χ3v) is 5.33. The van der Waals surface area contributed by atoms with Gasteiger partial charge in [-0.05, 0) is 32.7 Å². The maximum atomic E-state index is 11.5. The van der Waals surface area contributed by atoms with Gasteiger partial charge in [0.15, 0.2) is 9.84 Å². The van der Waals surface area contributed by atoms with Crippen molar-refractivity contribution >= 4 is 9.84 Å². The number of hydrogen-bond acceptors (Lipinski definition) is 4. The van der Waals surface area contributed by atoms with E-state index in [4.69, 9.17) is 0 Å². The van der Waals surface area contributed by atoms with Crippen molar-refractivity contribution in [2.75, 3.05) is 18.8 Å². The Morgan fingerprint density at radius 1 is 1.44 bits per heavy atom. The van der Waals surface area contributed by atoms with E-state index in [1.54, 1.807) is 0 Å². The standard InChI is InChI=1S/C13H24N2O2S/c1-3-6-14-12-4-7-15(11(2)9-12)13-5-8-18(16,17)10-13/h5,8,11-14H,3-4,6-7,9-10H2,1-2H3. The maximum Gasteiger partial charge on any atom is 0.173 e. The van der Waals surface area contributed by atoms with E-state index in [9.17, 15) is 8.42 Å². The van der Waals surface area contributed by atoms with E-state index < -0.39 is 9.84 Å². The Bertz CT molecular complexity index is 405. The molecule has 5 heteroatoms. The summed E-state index contributed by atoms with van der Waals surface area (Å²) in [6.45, 7) is 6.46. The molecular formula is C13H24N2O2S. The van der Waals surface area contributed by atoms with Crippen molar-refractivity contribution in [2.45, 2.75) is 51.2 Å². The minimum Gasteiger partial charge on any atom is -0.314 e. The summed E-state index contributed by atoms with van der Waals surface area (Å²) in [7, 11) is -2.93. The molecule has 1 saturated heterocycles. The first kappa shape index (κ1) is 14.0. The van der Waals surface area contributed by atoms with E-state index in [1.165, 1.54) is 5.41 Å². The molecule has 18 heavy (non-hydrogen) atoms. The second-order valence-electron chi connectivity index (χ2n) is 5.49. The van der Waals surface area contributed by atoms with Crippen LogP contribution in [-0.2, 0) is 9.84 Å². The lowest BCUT2D eigenvalue weighted by atomic mass is 9.96. The average Bonchev–Trinajstić information content (AvgIpc) is 2.67. The van der Waals surface area contributed by atoms with Crippen LogP contribution < -0.4 is 5.32 Å². The van der Waals surface area contributed by atoms with E-state index in [0.29, 0.717) is 12.1 Å². The summed E-state index contributed by atoms with van der Waals surface area (Å²) in [4.78, 5) is 2.34. The molecule has 3 atom stereocenters. The fourth-order valence-electron chi connectivity index (χ4n) is 2.98. The van der Waals surface area contributed by atoms with Crippen LogP contribution in [0.5, 0.6) is 0 Å².